The smallest absolute Gasteiger partial charge is 0.267 e. The summed E-state index contributed by atoms with van der Waals surface area (Å²) in [4.78, 5) is 27.0. The molecular formula is C22H20FN3O4S. The Morgan fingerprint density at radius 2 is 1.77 bits per heavy atom. The van der Waals surface area contributed by atoms with Crippen LogP contribution < -0.4 is 10.5 Å². The summed E-state index contributed by atoms with van der Waals surface area (Å²) in [6.45, 7) is -0.348. The third-order valence-electron chi connectivity index (χ3n) is 5.17. The highest BCUT2D eigenvalue weighted by atomic mass is 32.2. The second-order valence-electron chi connectivity index (χ2n) is 7.38. The summed E-state index contributed by atoms with van der Waals surface area (Å²) in [7, 11) is -3.22. The molecule has 0 spiro atoms. The first-order valence-electron chi connectivity index (χ1n) is 9.74. The molecule has 0 bridgehead atoms. The average Bonchev–Trinajstić information content (AvgIpc) is 3.10. The number of nitrogens with zero attached hydrogens (tertiary/aromatic N) is 3. The lowest BCUT2D eigenvalue weighted by atomic mass is 10.1. The zero-order valence-electron chi connectivity index (χ0n) is 16.5. The number of carbonyl (C=O) groups excluding carboxylic acids is 1. The summed E-state index contributed by atoms with van der Waals surface area (Å²) in [6.07, 6.45) is 0.334. The van der Waals surface area contributed by atoms with Crippen molar-refractivity contribution in [1.82, 2.24) is 9.78 Å². The Labute approximate surface area is 178 Å². The van der Waals surface area contributed by atoms with Gasteiger partial charge in [0.05, 0.1) is 23.2 Å². The second kappa shape index (κ2) is 8.43. The molecule has 2 aromatic carbocycles. The number of rotatable bonds is 5. The predicted molar refractivity (Wildman–Crippen MR) is 115 cm³/mol. The Hall–Kier alpha value is -3.33. The van der Waals surface area contributed by atoms with E-state index < -0.39 is 33.2 Å². The lowest BCUT2D eigenvalue weighted by Gasteiger charge is -2.28. The lowest BCUT2D eigenvalue weighted by molar-refractivity contribution is -0.119. The van der Waals surface area contributed by atoms with E-state index in [0.29, 0.717) is 23.4 Å². The van der Waals surface area contributed by atoms with Crippen molar-refractivity contribution < 1.29 is 17.6 Å². The van der Waals surface area contributed by atoms with Crippen molar-refractivity contribution >= 4 is 21.4 Å². The molecule has 0 unspecified atom stereocenters. The number of sulfone groups is 1. The molecule has 1 saturated heterocycles. The second-order valence-corrected chi connectivity index (χ2v) is 9.61. The van der Waals surface area contributed by atoms with Gasteiger partial charge in [-0.15, -0.1) is 0 Å². The zero-order chi connectivity index (χ0) is 22.0. The molecule has 3 aromatic rings. The lowest BCUT2D eigenvalue weighted by Crippen LogP contribution is -2.44. The van der Waals surface area contributed by atoms with Gasteiger partial charge in [0.2, 0.25) is 5.91 Å². The molecule has 4 rings (SSSR count). The minimum absolute atomic E-state index is 0.0204. The average molecular weight is 441 g/mol. The van der Waals surface area contributed by atoms with E-state index in [1.807, 2.05) is 0 Å². The number of benzene rings is 2. The number of hydrogen-bond donors (Lipinski definition) is 0. The van der Waals surface area contributed by atoms with E-state index in [0.717, 1.165) is 4.68 Å². The third kappa shape index (κ3) is 4.72. The van der Waals surface area contributed by atoms with Crippen molar-refractivity contribution in [3.8, 4) is 11.3 Å². The molecular weight excluding hydrogens is 421 g/mol. The number of para-hydroxylation sites is 1. The Morgan fingerprint density at radius 1 is 1.06 bits per heavy atom. The van der Waals surface area contributed by atoms with Crippen molar-refractivity contribution in [3.05, 3.63) is 82.9 Å². The fraction of sp³-hybridized carbons (Fsp3) is 0.227. The number of anilines is 1. The summed E-state index contributed by atoms with van der Waals surface area (Å²) < 4.78 is 38.3. The van der Waals surface area contributed by atoms with Crippen LogP contribution in [0.5, 0.6) is 0 Å². The van der Waals surface area contributed by atoms with Crippen LogP contribution in [-0.2, 0) is 21.2 Å². The summed E-state index contributed by atoms with van der Waals surface area (Å²) in [5.41, 5.74) is 1.12. The van der Waals surface area contributed by atoms with Crippen molar-refractivity contribution in [1.29, 1.82) is 0 Å². The molecule has 1 aliphatic heterocycles. The quantitative estimate of drug-likeness (QED) is 0.606. The van der Waals surface area contributed by atoms with Gasteiger partial charge in [-0.2, -0.15) is 5.10 Å². The number of halogens is 1. The van der Waals surface area contributed by atoms with Crippen molar-refractivity contribution in [2.45, 2.75) is 19.0 Å². The Morgan fingerprint density at radius 3 is 2.42 bits per heavy atom. The maximum absolute atomic E-state index is 13.2. The molecule has 1 fully saturated rings. The van der Waals surface area contributed by atoms with Gasteiger partial charge in [0.1, 0.15) is 12.4 Å². The van der Waals surface area contributed by atoms with E-state index in [9.17, 15) is 22.4 Å². The first kappa shape index (κ1) is 20.9. The first-order chi connectivity index (χ1) is 14.8. The molecule has 0 N–H and O–H groups in total. The summed E-state index contributed by atoms with van der Waals surface area (Å²) in [5.74, 6) is -0.922. The minimum Gasteiger partial charge on any atom is -0.307 e. The monoisotopic (exact) mass is 441 g/mol. The molecule has 1 aromatic heterocycles. The van der Waals surface area contributed by atoms with Crippen LogP contribution in [0.25, 0.3) is 11.3 Å². The third-order valence-corrected chi connectivity index (χ3v) is 6.92. The molecule has 0 aliphatic carbocycles. The van der Waals surface area contributed by atoms with E-state index in [-0.39, 0.29) is 18.1 Å². The molecule has 9 heteroatoms. The van der Waals surface area contributed by atoms with Crippen LogP contribution >= 0.6 is 0 Å². The van der Waals surface area contributed by atoms with Gasteiger partial charge in [-0.25, -0.2) is 17.5 Å². The van der Waals surface area contributed by atoms with Crippen molar-refractivity contribution in [3.63, 3.8) is 0 Å². The van der Waals surface area contributed by atoms with Crippen LogP contribution in [0.4, 0.5) is 10.1 Å². The van der Waals surface area contributed by atoms with Crippen LogP contribution in [0.1, 0.15) is 6.42 Å². The highest BCUT2D eigenvalue weighted by Gasteiger charge is 2.35. The maximum atomic E-state index is 13.2. The summed E-state index contributed by atoms with van der Waals surface area (Å²) in [5, 5.41) is 4.26. The van der Waals surface area contributed by atoms with E-state index in [2.05, 4.69) is 5.10 Å². The SMILES string of the molecule is O=C(Cn1nc(-c2ccc(F)cc2)ccc1=O)N(c1ccccc1)[C@H]1CCS(=O)(=O)C1. The Kier molecular flexibility index (Phi) is 5.69. The first-order valence-corrected chi connectivity index (χ1v) is 11.6. The fourth-order valence-electron chi connectivity index (χ4n) is 3.67. The van der Waals surface area contributed by atoms with Crippen LogP contribution in [0.2, 0.25) is 0 Å². The standard InChI is InChI=1S/C22H20FN3O4S/c23-17-8-6-16(7-9-17)20-10-11-21(27)25(24-20)14-22(28)26(18-4-2-1-3-5-18)19-12-13-31(29,30)15-19/h1-11,19H,12-15H2/t19-/m0/s1. The van der Waals surface area contributed by atoms with E-state index in [4.69, 9.17) is 0 Å². The van der Waals surface area contributed by atoms with Gasteiger partial charge in [0.25, 0.3) is 5.56 Å². The number of amides is 1. The molecule has 1 aliphatic rings. The minimum atomic E-state index is -3.22. The fourth-order valence-corrected chi connectivity index (χ4v) is 5.37. The zero-order valence-corrected chi connectivity index (χ0v) is 17.3. The highest BCUT2D eigenvalue weighted by Crippen LogP contribution is 2.25. The van der Waals surface area contributed by atoms with Gasteiger partial charge in [0.15, 0.2) is 9.84 Å². The van der Waals surface area contributed by atoms with Crippen LogP contribution in [0.15, 0.2) is 71.5 Å². The molecule has 1 amide bonds. The molecule has 0 radical (unpaired) electrons. The number of aromatic nitrogens is 2. The molecule has 1 atom stereocenters. The van der Waals surface area contributed by atoms with Crippen LogP contribution in [-0.4, -0.2) is 41.7 Å². The predicted octanol–water partition coefficient (Wildman–Crippen LogP) is 2.27. The van der Waals surface area contributed by atoms with Crippen molar-refractivity contribution in [2.75, 3.05) is 16.4 Å². The number of hydrogen-bond acceptors (Lipinski definition) is 5. The van der Waals surface area contributed by atoms with Gasteiger partial charge < -0.3 is 4.90 Å². The summed E-state index contributed by atoms with van der Waals surface area (Å²) in [6, 6.07) is 16.7. The molecule has 0 saturated carbocycles. The normalized spacial score (nSPS) is 17.4. The number of carbonyl (C=O) groups is 1. The molecule has 160 valence electrons. The van der Waals surface area contributed by atoms with Crippen molar-refractivity contribution in [2.24, 2.45) is 0 Å². The van der Waals surface area contributed by atoms with Gasteiger partial charge in [0, 0.05) is 17.3 Å². The maximum Gasteiger partial charge on any atom is 0.267 e. The Balaban J connectivity index is 1.65. The topological polar surface area (TPSA) is 89.3 Å². The largest absolute Gasteiger partial charge is 0.307 e. The van der Waals surface area contributed by atoms with Gasteiger partial charge in [-0.05, 0) is 48.9 Å². The van der Waals surface area contributed by atoms with Crippen LogP contribution in [0, 0.1) is 5.82 Å². The van der Waals surface area contributed by atoms with E-state index in [1.165, 1.54) is 41.3 Å². The highest BCUT2D eigenvalue weighted by molar-refractivity contribution is 7.91. The van der Waals surface area contributed by atoms with Gasteiger partial charge in [-0.3, -0.25) is 9.59 Å². The Bertz CT molecular complexity index is 1260. The molecule has 31 heavy (non-hydrogen) atoms. The molecule has 2 heterocycles. The van der Waals surface area contributed by atoms with E-state index in [1.54, 1.807) is 30.3 Å². The van der Waals surface area contributed by atoms with Gasteiger partial charge >= 0.3 is 0 Å². The van der Waals surface area contributed by atoms with Gasteiger partial charge in [-0.1, -0.05) is 18.2 Å². The molecule has 7 nitrogen and oxygen atoms in total. The van der Waals surface area contributed by atoms with E-state index >= 15 is 0 Å². The van der Waals surface area contributed by atoms with Crippen LogP contribution in [0.3, 0.4) is 0 Å². The summed E-state index contributed by atoms with van der Waals surface area (Å²) >= 11 is 0.